The third-order valence-corrected chi connectivity index (χ3v) is 1.62. The van der Waals surface area contributed by atoms with Crippen LogP contribution in [0.4, 0.5) is 0 Å². The smallest absolute Gasteiger partial charge is 0.423 e. The van der Waals surface area contributed by atoms with Gasteiger partial charge in [-0.25, -0.2) is 0 Å². The quantitative estimate of drug-likeness (QED) is 0.345. The maximum atomic E-state index is 8.71. The molecule has 0 radical (unpaired) electrons. The molecule has 0 saturated heterocycles. The van der Waals surface area contributed by atoms with Crippen molar-refractivity contribution in [3.05, 3.63) is 24.3 Å². The van der Waals surface area contributed by atoms with Gasteiger partial charge in [-0.1, -0.05) is 18.2 Å². The molecule has 0 aliphatic heterocycles. The van der Waals surface area contributed by atoms with Crippen molar-refractivity contribution in [2.45, 2.75) is 4.90 Å². The highest BCUT2D eigenvalue weighted by atomic mass is 32.1. The van der Waals surface area contributed by atoms with E-state index in [1.807, 2.05) is 0 Å². The number of hydrogen-bond donors (Lipinski definition) is 4. The molecule has 0 fully saturated rings. The minimum Gasteiger partial charge on any atom is -0.423 e. The lowest BCUT2D eigenvalue weighted by atomic mass is 9.80. The SMILES string of the molecule is CO.OB(O)c1ccccc1S. The zero-order chi connectivity index (χ0) is 9.56. The minimum atomic E-state index is -1.42. The average Bonchev–Trinajstić information content (AvgIpc) is 2.08. The largest absolute Gasteiger partial charge is 0.489 e. The van der Waals surface area contributed by atoms with Crippen LogP contribution < -0.4 is 5.46 Å². The van der Waals surface area contributed by atoms with Gasteiger partial charge in [0.25, 0.3) is 0 Å². The van der Waals surface area contributed by atoms with Crippen LogP contribution in [-0.2, 0) is 0 Å². The summed E-state index contributed by atoms with van der Waals surface area (Å²) in [5, 5.41) is 24.4. The molecule has 0 aromatic heterocycles. The maximum Gasteiger partial charge on any atom is 0.489 e. The summed E-state index contributed by atoms with van der Waals surface area (Å²) in [6.45, 7) is 0. The van der Waals surface area contributed by atoms with Crippen LogP contribution >= 0.6 is 12.6 Å². The van der Waals surface area contributed by atoms with Crippen molar-refractivity contribution in [3.63, 3.8) is 0 Å². The molecule has 1 aromatic rings. The molecule has 0 aliphatic carbocycles. The van der Waals surface area contributed by atoms with E-state index in [4.69, 9.17) is 15.2 Å². The third-order valence-electron chi connectivity index (χ3n) is 1.21. The molecule has 3 N–H and O–H groups in total. The van der Waals surface area contributed by atoms with Crippen LogP contribution in [0, 0.1) is 0 Å². The van der Waals surface area contributed by atoms with Gasteiger partial charge in [-0.05, 0) is 11.5 Å². The molecule has 0 saturated carbocycles. The first-order chi connectivity index (χ1) is 5.72. The monoisotopic (exact) mass is 186 g/mol. The average molecular weight is 186 g/mol. The summed E-state index contributed by atoms with van der Waals surface area (Å²) in [6.07, 6.45) is 0. The van der Waals surface area contributed by atoms with E-state index in [1.54, 1.807) is 24.3 Å². The molecule has 1 rings (SSSR count). The number of aliphatic hydroxyl groups is 1. The lowest BCUT2D eigenvalue weighted by molar-refractivity contribution is 0.399. The minimum absolute atomic E-state index is 0.436. The van der Waals surface area contributed by atoms with Crippen LogP contribution in [0.3, 0.4) is 0 Å². The fraction of sp³-hybridized carbons (Fsp3) is 0.143. The molecule has 5 heteroatoms. The van der Waals surface area contributed by atoms with Gasteiger partial charge >= 0.3 is 7.12 Å². The number of aliphatic hydroxyl groups excluding tert-OH is 1. The summed E-state index contributed by atoms with van der Waals surface area (Å²) in [6, 6.07) is 6.84. The molecule has 0 amide bonds. The van der Waals surface area contributed by atoms with E-state index < -0.39 is 7.12 Å². The molecule has 66 valence electrons. The fourth-order valence-corrected chi connectivity index (χ4v) is 0.982. The summed E-state index contributed by atoms with van der Waals surface area (Å²) >= 11 is 4.02. The first-order valence-electron chi connectivity index (χ1n) is 3.30. The molecule has 0 unspecified atom stereocenters. The van der Waals surface area contributed by atoms with Gasteiger partial charge in [0.15, 0.2) is 0 Å². The first-order valence-corrected chi connectivity index (χ1v) is 3.75. The zero-order valence-corrected chi connectivity index (χ0v) is 7.57. The lowest BCUT2D eigenvalue weighted by Crippen LogP contribution is -2.30. The van der Waals surface area contributed by atoms with E-state index in [0.717, 1.165) is 7.11 Å². The summed E-state index contributed by atoms with van der Waals surface area (Å²) in [5.41, 5.74) is 0.436. The summed E-state index contributed by atoms with van der Waals surface area (Å²) in [7, 11) is -0.423. The molecular formula is C7H11BO3S. The normalized spacial score (nSPS) is 8.42. The van der Waals surface area contributed by atoms with E-state index in [-0.39, 0.29) is 0 Å². The van der Waals surface area contributed by atoms with Crippen molar-refractivity contribution in [1.29, 1.82) is 0 Å². The van der Waals surface area contributed by atoms with Crippen molar-refractivity contribution in [2.24, 2.45) is 0 Å². The summed E-state index contributed by atoms with van der Waals surface area (Å²) < 4.78 is 0. The maximum absolute atomic E-state index is 8.71. The second kappa shape index (κ2) is 6.08. The molecule has 0 heterocycles. The highest BCUT2D eigenvalue weighted by Crippen LogP contribution is 2.00. The van der Waals surface area contributed by atoms with Gasteiger partial charge in [-0.3, -0.25) is 0 Å². The van der Waals surface area contributed by atoms with E-state index in [9.17, 15) is 0 Å². The van der Waals surface area contributed by atoms with Gasteiger partial charge in [-0.2, -0.15) is 0 Å². The Bertz CT molecular complexity index is 230. The van der Waals surface area contributed by atoms with E-state index in [0.29, 0.717) is 10.4 Å². The first kappa shape index (κ1) is 11.5. The molecule has 1 aromatic carbocycles. The zero-order valence-electron chi connectivity index (χ0n) is 6.68. The standard InChI is InChI=1S/C6H7BO2S.CH4O/c8-7(9)5-3-1-2-4-6(5)10;1-2/h1-4,8-10H;2H,1H3. The fourth-order valence-electron chi connectivity index (χ4n) is 0.706. The second-order valence-corrected chi connectivity index (χ2v) is 2.41. The van der Waals surface area contributed by atoms with Crippen molar-refractivity contribution >= 4 is 25.2 Å². The van der Waals surface area contributed by atoms with E-state index >= 15 is 0 Å². The Labute approximate surface area is 77.2 Å². The highest BCUT2D eigenvalue weighted by Gasteiger charge is 2.12. The van der Waals surface area contributed by atoms with Crippen molar-refractivity contribution in [1.82, 2.24) is 0 Å². The molecule has 3 nitrogen and oxygen atoms in total. The lowest BCUT2D eigenvalue weighted by Gasteiger charge is -2.00. The predicted octanol–water partition coefficient (Wildman–Crippen LogP) is -0.736. The van der Waals surface area contributed by atoms with Crippen molar-refractivity contribution in [2.75, 3.05) is 7.11 Å². The van der Waals surface area contributed by atoms with E-state index in [1.165, 1.54) is 0 Å². The number of thiol groups is 1. The topological polar surface area (TPSA) is 60.7 Å². The van der Waals surface area contributed by atoms with Crippen LogP contribution in [0.2, 0.25) is 0 Å². The molecular weight excluding hydrogens is 175 g/mol. The van der Waals surface area contributed by atoms with Crippen LogP contribution in [0.15, 0.2) is 29.2 Å². The highest BCUT2D eigenvalue weighted by molar-refractivity contribution is 7.80. The molecule has 0 atom stereocenters. The number of hydrogen-bond acceptors (Lipinski definition) is 4. The van der Waals surface area contributed by atoms with Crippen molar-refractivity contribution in [3.8, 4) is 0 Å². The Morgan fingerprint density at radius 2 is 1.67 bits per heavy atom. The van der Waals surface area contributed by atoms with Gasteiger partial charge in [0.05, 0.1) is 0 Å². The van der Waals surface area contributed by atoms with Gasteiger partial charge < -0.3 is 15.2 Å². The third kappa shape index (κ3) is 3.27. The number of benzene rings is 1. The molecule has 0 spiro atoms. The van der Waals surface area contributed by atoms with E-state index in [2.05, 4.69) is 12.6 Å². The molecule has 0 aliphatic rings. The Balaban J connectivity index is 0.000000561. The van der Waals surface area contributed by atoms with Gasteiger partial charge in [0.1, 0.15) is 0 Å². The van der Waals surface area contributed by atoms with Gasteiger partial charge in [0, 0.05) is 12.0 Å². The number of rotatable bonds is 1. The van der Waals surface area contributed by atoms with Crippen LogP contribution in [0.5, 0.6) is 0 Å². The van der Waals surface area contributed by atoms with Gasteiger partial charge in [-0.15, -0.1) is 12.6 Å². The van der Waals surface area contributed by atoms with Crippen LogP contribution in [-0.4, -0.2) is 29.4 Å². The summed E-state index contributed by atoms with van der Waals surface area (Å²) in [4.78, 5) is 0.595. The van der Waals surface area contributed by atoms with Gasteiger partial charge in [0.2, 0.25) is 0 Å². The molecule has 0 bridgehead atoms. The Kier molecular flexibility index (Phi) is 5.83. The van der Waals surface area contributed by atoms with Crippen molar-refractivity contribution < 1.29 is 15.2 Å². The Hall–Kier alpha value is -0.485. The Morgan fingerprint density at radius 1 is 1.17 bits per heavy atom. The predicted molar refractivity (Wildman–Crippen MR) is 51.7 cm³/mol. The molecule has 12 heavy (non-hydrogen) atoms. The van der Waals surface area contributed by atoms with Crippen LogP contribution in [0.25, 0.3) is 0 Å². The second-order valence-electron chi connectivity index (χ2n) is 1.93. The Morgan fingerprint density at radius 3 is 2.00 bits per heavy atom. The van der Waals surface area contributed by atoms with Crippen LogP contribution in [0.1, 0.15) is 0 Å². The summed E-state index contributed by atoms with van der Waals surface area (Å²) in [5.74, 6) is 0.